The van der Waals surface area contributed by atoms with Gasteiger partial charge < -0.3 is 62.9 Å². The minimum atomic E-state index is -1.47. The monoisotopic (exact) mass is 800 g/mol. The molecule has 1 aromatic heterocycles. The summed E-state index contributed by atoms with van der Waals surface area (Å²) in [5.74, 6) is -0.466. The van der Waals surface area contributed by atoms with E-state index in [9.17, 15) is 19.8 Å². The molecule has 3 saturated heterocycles. The number of hydrogen-bond acceptors (Lipinski definition) is 17. The van der Waals surface area contributed by atoms with Crippen LogP contribution in [0.4, 0.5) is 4.79 Å². The molecule has 3 fully saturated rings. The number of carbonyl (C=O) groups excluding carboxylic acids is 2. The molecule has 1 amide bonds. The van der Waals surface area contributed by atoms with Crippen LogP contribution in [-0.4, -0.2) is 111 Å². The molecule has 0 saturated carbocycles. The lowest BCUT2D eigenvalue weighted by atomic mass is 9.66. The van der Waals surface area contributed by atoms with Gasteiger partial charge in [-0.15, -0.1) is 0 Å². The van der Waals surface area contributed by atoms with Crippen molar-refractivity contribution in [3.8, 4) is 28.7 Å². The quantitative estimate of drug-likeness (QED) is 0.145. The number of carbonyl (C=O) groups is 2. The van der Waals surface area contributed by atoms with Gasteiger partial charge in [-0.25, -0.2) is 9.78 Å². The van der Waals surface area contributed by atoms with Crippen LogP contribution >= 0.6 is 21.6 Å². The van der Waals surface area contributed by atoms with Gasteiger partial charge in [0.15, 0.2) is 35.6 Å². The largest absolute Gasteiger partial charge is 0.493 e. The van der Waals surface area contributed by atoms with Crippen molar-refractivity contribution in [3.05, 3.63) is 65.4 Å². The number of pyridine rings is 1. The lowest BCUT2D eigenvalue weighted by Gasteiger charge is -2.47. The molecule has 8 rings (SSSR count). The zero-order valence-corrected chi connectivity index (χ0v) is 31.6. The third-order valence-electron chi connectivity index (χ3n) is 10.2. The Morgan fingerprint density at radius 3 is 2.47 bits per heavy atom. The molecule has 2 aromatic carbocycles. The minimum absolute atomic E-state index is 0.00104. The summed E-state index contributed by atoms with van der Waals surface area (Å²) < 4.78 is 58.4. The molecular formula is C37H40N2O14S2. The Morgan fingerprint density at radius 2 is 1.75 bits per heavy atom. The molecule has 5 aliphatic rings. The second kappa shape index (κ2) is 16.2. The number of hydrogen-bond donors (Lipinski definition) is 3. The van der Waals surface area contributed by atoms with Crippen molar-refractivity contribution in [3.63, 3.8) is 0 Å². The van der Waals surface area contributed by atoms with Gasteiger partial charge in [-0.1, -0.05) is 16.9 Å². The molecule has 16 nitrogen and oxygen atoms in total. The molecular weight excluding hydrogens is 761 g/mol. The number of aliphatic hydroxyl groups is 2. The van der Waals surface area contributed by atoms with Crippen LogP contribution in [0.5, 0.6) is 28.7 Å². The van der Waals surface area contributed by atoms with Crippen molar-refractivity contribution in [2.24, 2.45) is 11.8 Å². The van der Waals surface area contributed by atoms with Crippen LogP contribution in [0.25, 0.3) is 0 Å². The average molecular weight is 801 g/mol. The molecule has 7 unspecified atom stereocenters. The number of cyclic esters (lactones) is 1. The Balaban J connectivity index is 1.07. The molecule has 55 heavy (non-hydrogen) atoms. The number of methoxy groups -OCH3 is 2. The maximum atomic E-state index is 13.7. The van der Waals surface area contributed by atoms with Crippen molar-refractivity contribution >= 4 is 33.7 Å². The summed E-state index contributed by atoms with van der Waals surface area (Å²) in [6, 6.07) is 12.7. The Hall–Kier alpha value is -4.01. The first kappa shape index (κ1) is 37.9. The van der Waals surface area contributed by atoms with Crippen molar-refractivity contribution in [1.29, 1.82) is 0 Å². The predicted octanol–water partition coefficient (Wildman–Crippen LogP) is 3.56. The Labute approximate surface area is 323 Å². The normalized spacial score (nSPS) is 30.4. The van der Waals surface area contributed by atoms with E-state index < -0.39 is 72.9 Å². The van der Waals surface area contributed by atoms with Gasteiger partial charge in [0.2, 0.25) is 12.5 Å². The number of rotatable bonds is 11. The number of fused-ring (bicyclic) bond motifs is 4. The van der Waals surface area contributed by atoms with Crippen molar-refractivity contribution in [1.82, 2.24) is 10.3 Å². The number of nitrogens with zero attached hydrogens (tertiary/aromatic N) is 1. The van der Waals surface area contributed by atoms with E-state index >= 15 is 0 Å². The van der Waals surface area contributed by atoms with Crippen LogP contribution < -0.4 is 29.0 Å². The van der Waals surface area contributed by atoms with Crippen molar-refractivity contribution in [2.75, 3.05) is 46.5 Å². The summed E-state index contributed by atoms with van der Waals surface area (Å²) in [5.41, 5.74) is 1.91. The second-order valence-electron chi connectivity index (χ2n) is 13.4. The first-order valence-corrected chi connectivity index (χ1v) is 20.0. The Bertz CT molecular complexity index is 1860. The Morgan fingerprint density at radius 1 is 0.982 bits per heavy atom. The minimum Gasteiger partial charge on any atom is -0.493 e. The standard InChI is InChI=1S/C37H40N2O14S2/c1-17-46-15-26-34(50-17)30(40)31(41)36(51-26)52-32-20-13-23-22(48-16-49-23)12-19(20)28(29-21(32)14-47-35(29)42)18-10-24(44-2)33(25(11-18)45-3)53-37(43)39-8-9-54-55-27-6-4-5-7-38-27/h4-7,10-13,17,21,26,28-32,34,36,40-41H,8-9,14-16H2,1-3H3,(H,39,43)/t17?,21-,26?,28+,29?,30?,31?,32+,34?,36?/m0/s1. The van der Waals surface area contributed by atoms with Crippen LogP contribution in [0.1, 0.15) is 35.6 Å². The molecule has 4 aliphatic heterocycles. The highest BCUT2D eigenvalue weighted by Crippen LogP contribution is 2.57. The fourth-order valence-electron chi connectivity index (χ4n) is 7.64. The molecule has 3 N–H and O–H groups in total. The van der Waals surface area contributed by atoms with E-state index in [4.69, 9.17) is 47.4 Å². The van der Waals surface area contributed by atoms with E-state index in [1.807, 2.05) is 18.2 Å². The zero-order chi connectivity index (χ0) is 38.2. The summed E-state index contributed by atoms with van der Waals surface area (Å²) in [6.07, 6.45) is -6.02. The average Bonchev–Trinajstić information content (AvgIpc) is 3.82. The van der Waals surface area contributed by atoms with Gasteiger partial charge in [-0.05, 0) is 70.8 Å². The van der Waals surface area contributed by atoms with E-state index in [-0.39, 0.29) is 37.3 Å². The lowest BCUT2D eigenvalue weighted by molar-refractivity contribution is -0.364. The van der Waals surface area contributed by atoms with Crippen molar-refractivity contribution < 1.29 is 67.2 Å². The second-order valence-corrected chi connectivity index (χ2v) is 15.8. The van der Waals surface area contributed by atoms with Gasteiger partial charge in [-0.2, -0.15) is 0 Å². The van der Waals surface area contributed by atoms with Crippen LogP contribution in [0.15, 0.2) is 53.7 Å². The maximum Gasteiger partial charge on any atom is 0.412 e. The summed E-state index contributed by atoms with van der Waals surface area (Å²) in [5, 5.41) is 25.9. The summed E-state index contributed by atoms with van der Waals surface area (Å²) in [7, 11) is 5.93. The van der Waals surface area contributed by atoms with Crippen molar-refractivity contribution in [2.45, 2.75) is 61.0 Å². The molecule has 10 atom stereocenters. The number of amides is 1. The van der Waals surface area contributed by atoms with Gasteiger partial charge in [-0.3, -0.25) is 4.79 Å². The highest BCUT2D eigenvalue weighted by atomic mass is 33.1. The smallest absolute Gasteiger partial charge is 0.412 e. The summed E-state index contributed by atoms with van der Waals surface area (Å²) in [4.78, 5) is 30.9. The third-order valence-corrected chi connectivity index (χ3v) is 12.4. The summed E-state index contributed by atoms with van der Waals surface area (Å²) >= 11 is 0. The fourth-order valence-corrected chi connectivity index (χ4v) is 9.43. The summed E-state index contributed by atoms with van der Waals surface area (Å²) in [6.45, 7) is 2.16. The third kappa shape index (κ3) is 7.49. The van der Waals surface area contributed by atoms with Gasteiger partial charge >= 0.3 is 12.1 Å². The number of nitrogens with one attached hydrogen (secondary N) is 1. The van der Waals surface area contributed by atoms with Crippen LogP contribution in [0.2, 0.25) is 0 Å². The first-order valence-electron chi connectivity index (χ1n) is 17.7. The fraction of sp³-hybridized carbons (Fsp3) is 0.486. The van der Waals surface area contributed by atoms with E-state index in [2.05, 4.69) is 10.3 Å². The molecule has 0 spiro atoms. The van der Waals surface area contributed by atoms with E-state index in [0.717, 1.165) is 5.03 Å². The van der Waals surface area contributed by atoms with Gasteiger partial charge in [0, 0.05) is 30.3 Å². The molecule has 1 aliphatic carbocycles. The molecule has 0 bridgehead atoms. The van der Waals surface area contributed by atoms with Crippen LogP contribution in [0.3, 0.4) is 0 Å². The molecule has 294 valence electrons. The zero-order valence-electron chi connectivity index (χ0n) is 30.0. The van der Waals surface area contributed by atoms with Gasteiger partial charge in [0.1, 0.15) is 29.4 Å². The van der Waals surface area contributed by atoms with Crippen LogP contribution in [-0.2, 0) is 28.5 Å². The van der Waals surface area contributed by atoms with Gasteiger partial charge in [0.25, 0.3) is 0 Å². The first-order chi connectivity index (χ1) is 26.7. The number of aromatic nitrogens is 1. The molecule has 3 aromatic rings. The number of ether oxygens (including phenoxy) is 10. The molecule has 18 heteroatoms. The van der Waals surface area contributed by atoms with E-state index in [1.54, 1.807) is 48.2 Å². The molecule has 5 heterocycles. The highest BCUT2D eigenvalue weighted by molar-refractivity contribution is 8.76. The van der Waals surface area contributed by atoms with E-state index in [0.29, 0.717) is 40.5 Å². The van der Waals surface area contributed by atoms with E-state index in [1.165, 1.54) is 25.0 Å². The van der Waals surface area contributed by atoms with Gasteiger partial charge in [0.05, 0.1) is 39.5 Å². The number of benzene rings is 2. The predicted molar refractivity (Wildman–Crippen MR) is 193 cm³/mol. The van der Waals surface area contributed by atoms with Crippen LogP contribution in [0, 0.1) is 11.8 Å². The lowest BCUT2D eigenvalue weighted by Crippen LogP contribution is -2.63. The topological polar surface area (TPSA) is 192 Å². The number of esters is 1. The maximum absolute atomic E-state index is 13.7. The molecule has 0 radical (unpaired) electrons. The highest BCUT2D eigenvalue weighted by Gasteiger charge is 2.56. The SMILES string of the molecule is COc1cc([C@@H]2c3cc4c(cc3[C@@H](OC3OC5COC(C)OC5C(O)C3O)[C@H]3COC(=O)C23)OCO4)cc(OC)c1OC(=O)NCCSSc1ccccn1. The Kier molecular flexibility index (Phi) is 11.2. The number of aliphatic hydroxyl groups excluding tert-OH is 2.